The van der Waals surface area contributed by atoms with Crippen molar-refractivity contribution in [3.05, 3.63) is 29.8 Å². The van der Waals surface area contributed by atoms with Gasteiger partial charge in [0.05, 0.1) is 5.41 Å². The molecule has 2 rings (SSSR count). The topological polar surface area (TPSA) is 75.6 Å². The van der Waals surface area contributed by atoms with E-state index in [1.165, 1.54) is 17.8 Å². The van der Waals surface area contributed by atoms with Crippen LogP contribution in [-0.2, 0) is 16.1 Å². The molecule has 1 aliphatic heterocycles. The fourth-order valence-electron chi connectivity index (χ4n) is 2.42. The lowest BCUT2D eigenvalue weighted by Crippen LogP contribution is -2.37. The van der Waals surface area contributed by atoms with E-state index < -0.39 is 23.9 Å². The van der Waals surface area contributed by atoms with Crippen molar-refractivity contribution < 1.29 is 28.2 Å². The van der Waals surface area contributed by atoms with E-state index in [4.69, 9.17) is 0 Å². The monoisotopic (exact) mass is 345 g/mol. The molecule has 1 aliphatic rings. The second-order valence-corrected chi connectivity index (χ2v) is 6.43. The Morgan fingerprint density at radius 3 is 2.74 bits per heavy atom. The quantitative estimate of drug-likeness (QED) is 0.794. The van der Waals surface area contributed by atoms with E-state index in [9.17, 15) is 23.5 Å². The molecule has 1 saturated heterocycles. The van der Waals surface area contributed by atoms with E-state index in [1.54, 1.807) is 18.2 Å². The summed E-state index contributed by atoms with van der Waals surface area (Å²) in [6.45, 7) is -2.94. The number of amides is 1. The van der Waals surface area contributed by atoms with Gasteiger partial charge in [-0.25, -0.2) is 0 Å². The van der Waals surface area contributed by atoms with Gasteiger partial charge in [-0.15, -0.1) is 0 Å². The average molecular weight is 345 g/mol. The number of nitrogens with one attached hydrogen (secondary N) is 1. The van der Waals surface area contributed by atoms with Gasteiger partial charge in [0.1, 0.15) is 5.75 Å². The summed E-state index contributed by atoms with van der Waals surface area (Å²) in [7, 11) is 0. The molecule has 23 heavy (non-hydrogen) atoms. The summed E-state index contributed by atoms with van der Waals surface area (Å²) in [5, 5.41) is 11.9. The van der Waals surface area contributed by atoms with Gasteiger partial charge < -0.3 is 15.2 Å². The summed E-state index contributed by atoms with van der Waals surface area (Å²) >= 11 is 1.51. The zero-order valence-corrected chi connectivity index (χ0v) is 13.1. The van der Waals surface area contributed by atoms with Crippen LogP contribution in [0.3, 0.4) is 0 Å². The molecular weight excluding hydrogens is 328 g/mol. The van der Waals surface area contributed by atoms with Gasteiger partial charge in [0.25, 0.3) is 0 Å². The molecule has 1 aromatic rings. The normalized spacial score (nSPS) is 20.5. The third-order valence-corrected chi connectivity index (χ3v) is 4.97. The summed E-state index contributed by atoms with van der Waals surface area (Å²) in [6, 6.07) is 6.15. The number of carboxylic acid groups (broad SMARTS) is 1. The van der Waals surface area contributed by atoms with Crippen LogP contribution in [0.15, 0.2) is 24.3 Å². The molecule has 2 N–H and O–H groups in total. The van der Waals surface area contributed by atoms with E-state index in [0.29, 0.717) is 23.5 Å². The molecule has 0 spiro atoms. The fraction of sp³-hybridized carbons (Fsp3) is 0.467. The molecular formula is C15H17F2NO4S. The average Bonchev–Trinajstić information content (AvgIpc) is 2.95. The van der Waals surface area contributed by atoms with Crippen molar-refractivity contribution in [1.82, 2.24) is 5.32 Å². The van der Waals surface area contributed by atoms with Gasteiger partial charge in [-0.3, -0.25) is 9.59 Å². The molecule has 1 heterocycles. The highest BCUT2D eigenvalue weighted by Crippen LogP contribution is 2.39. The molecule has 0 unspecified atom stereocenters. The predicted octanol–water partition coefficient (Wildman–Crippen LogP) is 2.50. The predicted molar refractivity (Wildman–Crippen MR) is 81.5 cm³/mol. The maximum absolute atomic E-state index is 12.3. The molecule has 0 aliphatic carbocycles. The molecule has 1 amide bonds. The molecule has 126 valence electrons. The number of hydrogen-bond acceptors (Lipinski definition) is 4. The Morgan fingerprint density at radius 2 is 2.13 bits per heavy atom. The van der Waals surface area contributed by atoms with Crippen LogP contribution < -0.4 is 10.1 Å². The Bertz CT molecular complexity index is 576. The van der Waals surface area contributed by atoms with E-state index in [2.05, 4.69) is 10.1 Å². The van der Waals surface area contributed by atoms with Crippen molar-refractivity contribution in [3.8, 4) is 5.75 Å². The highest BCUT2D eigenvalue weighted by molar-refractivity contribution is 7.99. The van der Waals surface area contributed by atoms with Gasteiger partial charge in [-0.05, 0) is 18.2 Å². The van der Waals surface area contributed by atoms with Crippen molar-refractivity contribution in [2.45, 2.75) is 26.0 Å². The highest BCUT2D eigenvalue weighted by Gasteiger charge is 2.43. The summed E-state index contributed by atoms with van der Waals surface area (Å²) in [4.78, 5) is 23.5. The van der Waals surface area contributed by atoms with Gasteiger partial charge in [0, 0.05) is 24.3 Å². The third kappa shape index (κ3) is 4.57. The fourth-order valence-corrected chi connectivity index (χ4v) is 3.86. The van der Waals surface area contributed by atoms with Crippen LogP contribution in [0.5, 0.6) is 5.75 Å². The Morgan fingerprint density at radius 1 is 1.39 bits per heavy atom. The van der Waals surface area contributed by atoms with Crippen molar-refractivity contribution in [2.24, 2.45) is 5.41 Å². The van der Waals surface area contributed by atoms with Crippen LogP contribution in [0.2, 0.25) is 0 Å². The zero-order chi connectivity index (χ0) is 16.9. The number of carbonyl (C=O) groups excluding carboxylic acids is 1. The first-order chi connectivity index (χ1) is 10.9. The molecule has 1 aromatic carbocycles. The number of thioether (sulfide) groups is 1. The smallest absolute Gasteiger partial charge is 0.387 e. The number of carboxylic acids is 1. The SMILES string of the molecule is O=C(C[C@@]1(C(=O)O)CCSC1)NCc1ccccc1OC(F)F. The van der Waals surface area contributed by atoms with Gasteiger partial charge in [-0.1, -0.05) is 18.2 Å². The second kappa shape index (κ2) is 7.63. The van der Waals surface area contributed by atoms with Gasteiger partial charge in [-0.2, -0.15) is 20.5 Å². The van der Waals surface area contributed by atoms with Crippen LogP contribution in [0.25, 0.3) is 0 Å². The molecule has 0 saturated carbocycles. The van der Waals surface area contributed by atoms with Crippen LogP contribution in [0, 0.1) is 5.41 Å². The maximum Gasteiger partial charge on any atom is 0.387 e. The van der Waals surface area contributed by atoms with Crippen LogP contribution in [0.4, 0.5) is 8.78 Å². The van der Waals surface area contributed by atoms with Gasteiger partial charge >= 0.3 is 12.6 Å². The van der Waals surface area contributed by atoms with Crippen molar-refractivity contribution >= 4 is 23.6 Å². The minimum Gasteiger partial charge on any atom is -0.481 e. The summed E-state index contributed by atoms with van der Waals surface area (Å²) in [5.74, 6) is -0.279. The first-order valence-corrected chi connectivity index (χ1v) is 8.19. The highest BCUT2D eigenvalue weighted by atomic mass is 32.2. The number of para-hydroxylation sites is 1. The third-order valence-electron chi connectivity index (χ3n) is 3.72. The standard InChI is InChI=1S/C15H17F2NO4S/c16-14(17)22-11-4-2-1-3-10(11)8-18-12(19)7-15(13(20)21)5-6-23-9-15/h1-4,14H,5-9H2,(H,18,19)(H,20,21)/t15-/m0/s1. The zero-order valence-electron chi connectivity index (χ0n) is 12.3. The van der Waals surface area contributed by atoms with Gasteiger partial charge in [0.15, 0.2) is 0 Å². The van der Waals surface area contributed by atoms with Crippen molar-refractivity contribution in [3.63, 3.8) is 0 Å². The van der Waals surface area contributed by atoms with Crippen LogP contribution in [0.1, 0.15) is 18.4 Å². The van der Waals surface area contributed by atoms with Gasteiger partial charge in [0.2, 0.25) is 5.91 Å². The molecule has 5 nitrogen and oxygen atoms in total. The first-order valence-electron chi connectivity index (χ1n) is 7.03. The largest absolute Gasteiger partial charge is 0.481 e. The number of hydrogen-bond donors (Lipinski definition) is 2. The molecule has 0 bridgehead atoms. The summed E-state index contributed by atoms with van der Waals surface area (Å²) in [5.41, 5.74) is -0.625. The van der Waals surface area contributed by atoms with E-state index >= 15 is 0 Å². The minimum atomic E-state index is -2.95. The summed E-state index contributed by atoms with van der Waals surface area (Å²) < 4.78 is 29.1. The molecule has 0 aromatic heterocycles. The lowest BCUT2D eigenvalue weighted by molar-refractivity contribution is -0.150. The number of benzene rings is 1. The van der Waals surface area contributed by atoms with E-state index in [1.807, 2.05) is 0 Å². The van der Waals surface area contributed by atoms with E-state index in [-0.39, 0.29) is 18.7 Å². The Kier molecular flexibility index (Phi) is 5.81. The second-order valence-electron chi connectivity index (χ2n) is 5.33. The number of alkyl halides is 2. The van der Waals surface area contributed by atoms with Crippen LogP contribution >= 0.6 is 11.8 Å². The molecule has 1 fully saturated rings. The van der Waals surface area contributed by atoms with Crippen LogP contribution in [-0.4, -0.2) is 35.1 Å². The molecule has 1 atom stereocenters. The Hall–Kier alpha value is -1.83. The molecule has 0 radical (unpaired) electrons. The Balaban J connectivity index is 1.96. The number of halogens is 2. The lowest BCUT2D eigenvalue weighted by atomic mass is 9.84. The number of rotatable bonds is 7. The van der Waals surface area contributed by atoms with Crippen molar-refractivity contribution in [1.29, 1.82) is 0 Å². The minimum absolute atomic E-state index is 0.00453. The van der Waals surface area contributed by atoms with Crippen molar-refractivity contribution in [2.75, 3.05) is 11.5 Å². The molecule has 8 heteroatoms. The number of ether oxygens (including phenoxy) is 1. The maximum atomic E-state index is 12.3. The number of carbonyl (C=O) groups is 2. The number of aliphatic carboxylic acids is 1. The Labute approximate surface area is 136 Å². The first kappa shape index (κ1) is 17.5. The summed E-state index contributed by atoms with van der Waals surface area (Å²) in [6.07, 6.45) is 0.332. The lowest BCUT2D eigenvalue weighted by Gasteiger charge is -2.22. The van der Waals surface area contributed by atoms with E-state index in [0.717, 1.165) is 0 Å².